The van der Waals surface area contributed by atoms with E-state index >= 15 is 0 Å². The van der Waals surface area contributed by atoms with Gasteiger partial charge in [-0.2, -0.15) is 10.2 Å². The van der Waals surface area contributed by atoms with Gasteiger partial charge in [-0.05, 0) is 12.1 Å². The topological polar surface area (TPSA) is 102 Å². The van der Waals surface area contributed by atoms with Crippen LogP contribution in [0.3, 0.4) is 0 Å². The van der Waals surface area contributed by atoms with Gasteiger partial charge in [0.25, 0.3) is 11.6 Å². The SMILES string of the molecule is O=C(NN=Cc1cccc([N+](=O)[O-])c1)c1cn(-c2ccccc2)nc1-c1ccccc1. The van der Waals surface area contributed by atoms with E-state index in [1.54, 1.807) is 23.0 Å². The van der Waals surface area contributed by atoms with Gasteiger partial charge in [0.1, 0.15) is 5.69 Å². The predicted molar refractivity (Wildman–Crippen MR) is 117 cm³/mol. The molecule has 1 N–H and O–H groups in total. The van der Waals surface area contributed by atoms with Crippen LogP contribution >= 0.6 is 0 Å². The molecule has 0 aliphatic rings. The zero-order chi connectivity index (χ0) is 21.6. The smallest absolute Gasteiger partial charge is 0.267 e. The molecule has 152 valence electrons. The fourth-order valence-electron chi connectivity index (χ4n) is 3.01. The third-order valence-electron chi connectivity index (χ3n) is 4.49. The molecule has 0 aliphatic carbocycles. The van der Waals surface area contributed by atoms with Crippen molar-refractivity contribution in [1.82, 2.24) is 15.2 Å². The lowest BCUT2D eigenvalue weighted by molar-refractivity contribution is -0.384. The van der Waals surface area contributed by atoms with E-state index in [0.29, 0.717) is 16.8 Å². The van der Waals surface area contributed by atoms with Crippen LogP contribution in [0.5, 0.6) is 0 Å². The summed E-state index contributed by atoms with van der Waals surface area (Å²) in [5.41, 5.74) is 5.41. The van der Waals surface area contributed by atoms with E-state index in [1.807, 2.05) is 60.7 Å². The Labute approximate surface area is 177 Å². The number of carbonyl (C=O) groups is 1. The Morgan fingerprint density at radius 3 is 2.42 bits per heavy atom. The molecule has 1 aromatic heterocycles. The van der Waals surface area contributed by atoms with E-state index in [0.717, 1.165) is 11.3 Å². The Hall–Kier alpha value is -4.59. The number of aromatic nitrogens is 2. The van der Waals surface area contributed by atoms with E-state index in [9.17, 15) is 14.9 Å². The first-order chi connectivity index (χ1) is 15.1. The molecule has 4 aromatic rings. The Bertz CT molecular complexity index is 1250. The number of nitro groups is 1. The number of hydrogen-bond acceptors (Lipinski definition) is 5. The Morgan fingerprint density at radius 1 is 1.00 bits per heavy atom. The van der Waals surface area contributed by atoms with E-state index in [1.165, 1.54) is 18.3 Å². The number of rotatable bonds is 6. The molecule has 1 heterocycles. The second kappa shape index (κ2) is 8.83. The van der Waals surface area contributed by atoms with Crippen LogP contribution in [-0.2, 0) is 0 Å². The summed E-state index contributed by atoms with van der Waals surface area (Å²) < 4.78 is 1.64. The monoisotopic (exact) mass is 411 g/mol. The van der Waals surface area contributed by atoms with Crippen molar-refractivity contribution in [2.75, 3.05) is 0 Å². The lowest BCUT2D eigenvalue weighted by atomic mass is 10.1. The number of benzene rings is 3. The minimum absolute atomic E-state index is 0.0502. The molecular weight excluding hydrogens is 394 g/mol. The maximum absolute atomic E-state index is 12.9. The van der Waals surface area contributed by atoms with Crippen molar-refractivity contribution in [3.63, 3.8) is 0 Å². The van der Waals surface area contributed by atoms with E-state index < -0.39 is 10.8 Å². The summed E-state index contributed by atoms with van der Waals surface area (Å²) in [6, 6.07) is 24.8. The van der Waals surface area contributed by atoms with E-state index in [4.69, 9.17) is 0 Å². The average Bonchev–Trinajstić information content (AvgIpc) is 3.26. The number of amides is 1. The van der Waals surface area contributed by atoms with Crippen LogP contribution in [0.25, 0.3) is 16.9 Å². The van der Waals surface area contributed by atoms with Crippen LogP contribution in [0.1, 0.15) is 15.9 Å². The van der Waals surface area contributed by atoms with E-state index in [2.05, 4.69) is 15.6 Å². The molecule has 8 nitrogen and oxygen atoms in total. The molecule has 1 amide bonds. The lowest BCUT2D eigenvalue weighted by Crippen LogP contribution is -2.18. The molecule has 0 saturated carbocycles. The molecule has 0 aliphatic heterocycles. The largest absolute Gasteiger partial charge is 0.275 e. The van der Waals surface area contributed by atoms with Gasteiger partial charge in [0.15, 0.2) is 0 Å². The number of nitrogens with zero attached hydrogens (tertiary/aromatic N) is 4. The number of non-ortho nitro benzene ring substituents is 1. The number of hydrazone groups is 1. The predicted octanol–water partition coefficient (Wildman–Crippen LogP) is 4.21. The molecule has 8 heteroatoms. The molecule has 0 spiro atoms. The molecule has 31 heavy (non-hydrogen) atoms. The number of para-hydroxylation sites is 1. The summed E-state index contributed by atoms with van der Waals surface area (Å²) in [5, 5.41) is 19.4. The maximum Gasteiger partial charge on any atom is 0.275 e. The third kappa shape index (κ3) is 4.54. The molecule has 0 fully saturated rings. The lowest BCUT2D eigenvalue weighted by Gasteiger charge is -2.01. The summed E-state index contributed by atoms with van der Waals surface area (Å²) in [7, 11) is 0. The van der Waals surface area contributed by atoms with Crippen LogP contribution in [0.15, 0.2) is 96.2 Å². The Morgan fingerprint density at radius 2 is 1.71 bits per heavy atom. The number of carbonyl (C=O) groups excluding carboxylic acids is 1. The van der Waals surface area contributed by atoms with Gasteiger partial charge >= 0.3 is 0 Å². The first-order valence-electron chi connectivity index (χ1n) is 9.40. The van der Waals surface area contributed by atoms with Gasteiger partial charge in [0.2, 0.25) is 0 Å². The normalized spacial score (nSPS) is 10.8. The first-order valence-corrected chi connectivity index (χ1v) is 9.40. The zero-order valence-corrected chi connectivity index (χ0v) is 16.3. The molecule has 0 saturated heterocycles. The number of nitrogens with one attached hydrogen (secondary N) is 1. The van der Waals surface area contributed by atoms with Gasteiger partial charge in [-0.25, -0.2) is 10.1 Å². The third-order valence-corrected chi connectivity index (χ3v) is 4.49. The van der Waals surface area contributed by atoms with Crippen LogP contribution < -0.4 is 5.43 Å². The quantitative estimate of drug-likeness (QED) is 0.292. The summed E-state index contributed by atoms with van der Waals surface area (Å²) in [6.45, 7) is 0. The van der Waals surface area contributed by atoms with Gasteiger partial charge in [-0.1, -0.05) is 60.7 Å². The number of nitro benzene ring substituents is 1. The fourth-order valence-corrected chi connectivity index (χ4v) is 3.01. The molecule has 0 atom stereocenters. The summed E-state index contributed by atoms with van der Waals surface area (Å²) >= 11 is 0. The highest BCUT2D eigenvalue weighted by atomic mass is 16.6. The van der Waals surface area contributed by atoms with Gasteiger partial charge in [-0.3, -0.25) is 14.9 Å². The van der Waals surface area contributed by atoms with Gasteiger partial charge in [0, 0.05) is 29.5 Å². The van der Waals surface area contributed by atoms with Crippen molar-refractivity contribution in [3.05, 3.63) is 112 Å². The standard InChI is InChI=1S/C23H17N5O3/c29-23(25-24-15-17-8-7-13-20(14-17)28(30)31)21-16-27(19-11-5-2-6-12-19)26-22(21)18-9-3-1-4-10-18/h1-16H,(H,25,29). The molecule has 0 unspecified atom stereocenters. The Balaban J connectivity index is 1.62. The first kappa shape index (κ1) is 19.7. The van der Waals surface area contributed by atoms with Crippen molar-refractivity contribution in [2.24, 2.45) is 5.10 Å². The number of hydrogen-bond donors (Lipinski definition) is 1. The van der Waals surface area contributed by atoms with Crippen LogP contribution in [0.4, 0.5) is 5.69 Å². The van der Waals surface area contributed by atoms with Crippen molar-refractivity contribution in [3.8, 4) is 16.9 Å². The van der Waals surface area contributed by atoms with Gasteiger partial charge in [-0.15, -0.1) is 0 Å². The highest BCUT2D eigenvalue weighted by Crippen LogP contribution is 2.23. The highest BCUT2D eigenvalue weighted by Gasteiger charge is 2.18. The fraction of sp³-hybridized carbons (Fsp3) is 0. The second-order valence-electron chi connectivity index (χ2n) is 6.59. The summed E-state index contributed by atoms with van der Waals surface area (Å²) in [6.07, 6.45) is 3.00. The van der Waals surface area contributed by atoms with Gasteiger partial charge in [0.05, 0.1) is 22.4 Å². The second-order valence-corrected chi connectivity index (χ2v) is 6.59. The molecule has 4 rings (SSSR count). The van der Waals surface area contributed by atoms with Crippen molar-refractivity contribution >= 4 is 17.8 Å². The zero-order valence-electron chi connectivity index (χ0n) is 16.3. The van der Waals surface area contributed by atoms with Crippen LogP contribution in [0, 0.1) is 10.1 Å². The maximum atomic E-state index is 12.9. The van der Waals surface area contributed by atoms with Crippen molar-refractivity contribution < 1.29 is 9.72 Å². The summed E-state index contributed by atoms with van der Waals surface area (Å²) in [4.78, 5) is 23.3. The Kier molecular flexibility index (Phi) is 5.62. The summed E-state index contributed by atoms with van der Waals surface area (Å²) in [5.74, 6) is -0.442. The van der Waals surface area contributed by atoms with Crippen LogP contribution in [-0.4, -0.2) is 26.8 Å². The van der Waals surface area contributed by atoms with Gasteiger partial charge < -0.3 is 0 Å². The molecule has 0 radical (unpaired) electrons. The highest BCUT2D eigenvalue weighted by molar-refractivity contribution is 6.00. The minimum Gasteiger partial charge on any atom is -0.267 e. The van der Waals surface area contributed by atoms with Crippen molar-refractivity contribution in [2.45, 2.75) is 0 Å². The molecular formula is C23H17N5O3. The molecule has 0 bridgehead atoms. The van der Waals surface area contributed by atoms with E-state index in [-0.39, 0.29) is 5.69 Å². The van der Waals surface area contributed by atoms with Crippen molar-refractivity contribution in [1.29, 1.82) is 0 Å². The average molecular weight is 411 g/mol. The minimum atomic E-state index is -0.486. The van der Waals surface area contributed by atoms with Crippen LogP contribution in [0.2, 0.25) is 0 Å². The molecule has 3 aromatic carbocycles.